The summed E-state index contributed by atoms with van der Waals surface area (Å²) < 4.78 is 5.60. The molecule has 0 unspecified atom stereocenters. The Morgan fingerprint density at radius 1 is 1.10 bits per heavy atom. The minimum Gasteiger partial charge on any atom is -0.386 e. The van der Waals surface area contributed by atoms with E-state index in [-0.39, 0.29) is 5.41 Å². The predicted octanol–water partition coefficient (Wildman–Crippen LogP) is 4.90. The van der Waals surface area contributed by atoms with Crippen molar-refractivity contribution in [2.75, 3.05) is 30.4 Å². The zero-order chi connectivity index (χ0) is 21.6. The Bertz CT molecular complexity index is 1100. The van der Waals surface area contributed by atoms with Crippen molar-refractivity contribution in [3.63, 3.8) is 0 Å². The first-order valence-corrected chi connectivity index (χ1v) is 11.7. The average Bonchev–Trinajstić information content (AvgIpc) is 3.09. The number of nitrogens with zero attached hydrogens (tertiary/aromatic N) is 3. The first kappa shape index (κ1) is 20.5. The lowest BCUT2D eigenvalue weighted by Crippen LogP contribution is -2.49. The van der Waals surface area contributed by atoms with Gasteiger partial charge in [-0.1, -0.05) is 31.2 Å². The highest BCUT2D eigenvalue weighted by Gasteiger charge is 2.49. The molecule has 160 valence electrons. The van der Waals surface area contributed by atoms with E-state index in [0.29, 0.717) is 5.95 Å². The van der Waals surface area contributed by atoms with Gasteiger partial charge < -0.3 is 14.7 Å². The molecule has 5 nitrogen and oxygen atoms in total. The number of aliphatic hydroxyl groups is 1. The molecule has 3 aromatic rings. The number of rotatable bonds is 5. The van der Waals surface area contributed by atoms with Crippen molar-refractivity contribution in [2.45, 2.75) is 36.7 Å². The lowest BCUT2D eigenvalue weighted by atomic mass is 9.81. The van der Waals surface area contributed by atoms with Gasteiger partial charge in [0.25, 0.3) is 0 Å². The highest BCUT2D eigenvalue weighted by Crippen LogP contribution is 2.48. The van der Waals surface area contributed by atoms with Gasteiger partial charge in [-0.25, -0.2) is 9.97 Å². The molecule has 31 heavy (non-hydrogen) atoms. The van der Waals surface area contributed by atoms with E-state index in [2.05, 4.69) is 30.0 Å². The van der Waals surface area contributed by atoms with E-state index < -0.39 is 5.60 Å². The van der Waals surface area contributed by atoms with Crippen molar-refractivity contribution in [1.82, 2.24) is 9.97 Å². The van der Waals surface area contributed by atoms with Crippen molar-refractivity contribution >= 4 is 23.4 Å². The normalized spacial score (nSPS) is 17.0. The maximum Gasteiger partial charge on any atom is 0.229 e. The highest BCUT2D eigenvalue weighted by molar-refractivity contribution is 7.99. The second kappa shape index (κ2) is 7.62. The molecule has 5 rings (SSSR count). The number of benzene rings is 2. The third kappa shape index (κ3) is 3.63. The van der Waals surface area contributed by atoms with Gasteiger partial charge in [0.1, 0.15) is 0 Å². The number of ether oxygens (including phenoxy) is 1. The van der Waals surface area contributed by atoms with Crippen LogP contribution in [0.25, 0.3) is 11.1 Å². The molecule has 2 aliphatic heterocycles. The van der Waals surface area contributed by atoms with E-state index >= 15 is 0 Å². The number of thioether (sulfide) groups is 1. The Morgan fingerprint density at radius 3 is 2.52 bits per heavy atom. The summed E-state index contributed by atoms with van der Waals surface area (Å²) in [6.07, 6.45) is 3.75. The fourth-order valence-corrected chi connectivity index (χ4v) is 5.07. The quantitative estimate of drug-likeness (QED) is 0.578. The number of aromatic nitrogens is 2. The Balaban J connectivity index is 1.48. The molecule has 2 aliphatic rings. The smallest absolute Gasteiger partial charge is 0.229 e. The minimum absolute atomic E-state index is 0.0494. The molecule has 0 saturated carbocycles. The van der Waals surface area contributed by atoms with E-state index in [0.717, 1.165) is 42.2 Å². The molecule has 1 fully saturated rings. The first-order chi connectivity index (χ1) is 14.9. The van der Waals surface area contributed by atoms with Gasteiger partial charge in [-0.05, 0) is 54.5 Å². The van der Waals surface area contributed by atoms with Crippen LogP contribution in [0.4, 0.5) is 11.6 Å². The minimum atomic E-state index is -0.885. The van der Waals surface area contributed by atoms with Crippen LogP contribution in [0.15, 0.2) is 59.8 Å². The molecule has 2 aromatic carbocycles. The Kier molecular flexibility index (Phi) is 5.04. The fraction of sp³-hybridized carbons (Fsp3) is 0.360. The summed E-state index contributed by atoms with van der Waals surface area (Å²) in [4.78, 5) is 13.0. The van der Waals surface area contributed by atoms with E-state index in [1.807, 2.05) is 48.4 Å². The Hall–Kier alpha value is -2.41. The number of hydrogen-bond acceptors (Lipinski definition) is 6. The lowest BCUT2D eigenvalue weighted by Gasteiger charge is -2.38. The molecule has 3 heterocycles. The van der Waals surface area contributed by atoms with Crippen LogP contribution in [-0.4, -0.2) is 40.6 Å². The van der Waals surface area contributed by atoms with Crippen LogP contribution >= 0.6 is 11.8 Å². The number of fused-ring (bicyclic) bond motifs is 2. The average molecular weight is 434 g/mol. The zero-order valence-corrected chi connectivity index (χ0v) is 18.9. The molecule has 6 heteroatoms. The van der Waals surface area contributed by atoms with Gasteiger partial charge >= 0.3 is 0 Å². The second-order valence-electron chi connectivity index (χ2n) is 8.88. The maximum atomic E-state index is 10.3. The van der Waals surface area contributed by atoms with E-state index in [4.69, 9.17) is 14.7 Å². The second-order valence-corrected chi connectivity index (χ2v) is 10.2. The fourth-order valence-electron chi connectivity index (χ4n) is 4.38. The van der Waals surface area contributed by atoms with Crippen LogP contribution < -0.4 is 4.90 Å². The summed E-state index contributed by atoms with van der Waals surface area (Å²) in [6.45, 7) is 8.10. The van der Waals surface area contributed by atoms with Crippen molar-refractivity contribution < 1.29 is 9.84 Å². The van der Waals surface area contributed by atoms with Crippen LogP contribution in [-0.2, 0) is 15.8 Å². The van der Waals surface area contributed by atoms with E-state index in [9.17, 15) is 5.11 Å². The topological polar surface area (TPSA) is 58.5 Å². The number of anilines is 2. The van der Waals surface area contributed by atoms with Gasteiger partial charge in [-0.15, -0.1) is 11.8 Å². The van der Waals surface area contributed by atoms with Crippen LogP contribution in [0.1, 0.15) is 31.9 Å². The van der Waals surface area contributed by atoms with Crippen molar-refractivity contribution in [2.24, 2.45) is 0 Å². The largest absolute Gasteiger partial charge is 0.386 e. The molecular formula is C25H27N3O2S. The molecule has 0 bridgehead atoms. The van der Waals surface area contributed by atoms with Crippen molar-refractivity contribution in [1.29, 1.82) is 0 Å². The van der Waals surface area contributed by atoms with E-state index in [1.165, 1.54) is 16.1 Å². The molecule has 1 N–H and O–H groups in total. The molecular weight excluding hydrogens is 406 g/mol. The maximum absolute atomic E-state index is 10.3. The molecule has 0 amide bonds. The van der Waals surface area contributed by atoms with Crippen LogP contribution in [0, 0.1) is 0 Å². The van der Waals surface area contributed by atoms with Crippen LogP contribution in [0.3, 0.4) is 0 Å². The van der Waals surface area contributed by atoms with Gasteiger partial charge in [0.2, 0.25) is 5.95 Å². The van der Waals surface area contributed by atoms with Gasteiger partial charge in [0, 0.05) is 35.1 Å². The monoisotopic (exact) mass is 433 g/mol. The van der Waals surface area contributed by atoms with Gasteiger partial charge in [0.15, 0.2) is 0 Å². The molecule has 0 aliphatic carbocycles. The van der Waals surface area contributed by atoms with Crippen molar-refractivity contribution in [3.05, 3.63) is 66.0 Å². The number of hydrogen-bond donors (Lipinski definition) is 1. The molecule has 0 atom stereocenters. The SMILES string of the molecule is CCSc1ccc2c(c1)N(c1ncc(-c3cccc(C(C)(C)O)c3)cn1)CC21COC1. The summed E-state index contributed by atoms with van der Waals surface area (Å²) in [5, 5.41) is 10.3. The molecule has 1 saturated heterocycles. The Morgan fingerprint density at radius 2 is 1.87 bits per heavy atom. The lowest BCUT2D eigenvalue weighted by molar-refractivity contribution is -0.0507. The van der Waals surface area contributed by atoms with Crippen LogP contribution in [0.5, 0.6) is 0 Å². The van der Waals surface area contributed by atoms with Gasteiger partial charge in [0.05, 0.1) is 24.2 Å². The molecule has 0 radical (unpaired) electrons. The summed E-state index contributed by atoms with van der Waals surface area (Å²) in [7, 11) is 0. The Labute approximate surface area is 187 Å². The van der Waals surface area contributed by atoms with E-state index in [1.54, 1.807) is 13.8 Å². The summed E-state index contributed by atoms with van der Waals surface area (Å²) >= 11 is 1.85. The predicted molar refractivity (Wildman–Crippen MR) is 125 cm³/mol. The third-order valence-electron chi connectivity index (χ3n) is 6.14. The van der Waals surface area contributed by atoms with Crippen molar-refractivity contribution in [3.8, 4) is 11.1 Å². The molecule has 1 aromatic heterocycles. The van der Waals surface area contributed by atoms with Gasteiger partial charge in [-0.3, -0.25) is 0 Å². The standard InChI is InChI=1S/C25H27N3O2S/c1-4-31-20-8-9-21-22(11-20)28(14-25(21)15-30-16-25)23-26-12-18(13-27-23)17-6-5-7-19(10-17)24(2,3)29/h5-13,29H,4,14-16H2,1-3H3. The highest BCUT2D eigenvalue weighted by atomic mass is 32.2. The third-order valence-corrected chi connectivity index (χ3v) is 7.02. The summed E-state index contributed by atoms with van der Waals surface area (Å²) in [5.74, 6) is 1.76. The zero-order valence-electron chi connectivity index (χ0n) is 18.1. The summed E-state index contributed by atoms with van der Waals surface area (Å²) in [5.41, 5.74) is 4.50. The summed E-state index contributed by atoms with van der Waals surface area (Å²) in [6, 6.07) is 14.7. The van der Waals surface area contributed by atoms with Gasteiger partial charge in [-0.2, -0.15) is 0 Å². The first-order valence-electron chi connectivity index (χ1n) is 10.7. The molecule has 1 spiro atoms. The van der Waals surface area contributed by atoms with Crippen LogP contribution in [0.2, 0.25) is 0 Å².